The molecular weight excluding hydrogens is 392 g/mol. The maximum Gasteiger partial charge on any atom is 0.220 e. The average Bonchev–Trinajstić information content (AvgIpc) is 3.45. The van der Waals surface area contributed by atoms with E-state index in [4.69, 9.17) is 14.2 Å². The van der Waals surface area contributed by atoms with Gasteiger partial charge in [0, 0.05) is 24.6 Å². The van der Waals surface area contributed by atoms with Crippen molar-refractivity contribution in [3.8, 4) is 11.1 Å². The number of benzene rings is 1. The summed E-state index contributed by atoms with van der Waals surface area (Å²) in [5.74, 6) is 1.87. The van der Waals surface area contributed by atoms with Crippen LogP contribution in [0, 0.1) is 13.8 Å². The molecular formula is C24H32N4O3. The van der Waals surface area contributed by atoms with Crippen LogP contribution in [0.4, 0.5) is 0 Å². The molecule has 2 aliphatic rings. The summed E-state index contributed by atoms with van der Waals surface area (Å²) in [6.45, 7) is 10.8. The van der Waals surface area contributed by atoms with E-state index in [1.807, 2.05) is 27.7 Å². The Morgan fingerprint density at radius 1 is 1.19 bits per heavy atom. The van der Waals surface area contributed by atoms with Crippen molar-refractivity contribution in [1.82, 2.24) is 20.0 Å². The van der Waals surface area contributed by atoms with Crippen molar-refractivity contribution in [2.24, 2.45) is 0 Å². The molecule has 31 heavy (non-hydrogen) atoms. The molecule has 0 bridgehead atoms. The van der Waals surface area contributed by atoms with Crippen LogP contribution in [0.1, 0.15) is 75.8 Å². The number of hydrogen-bond acceptors (Lipinski definition) is 5. The van der Waals surface area contributed by atoms with E-state index in [1.165, 1.54) is 0 Å². The third-order valence-corrected chi connectivity index (χ3v) is 6.17. The maximum atomic E-state index is 11.9. The van der Waals surface area contributed by atoms with Gasteiger partial charge in [0.25, 0.3) is 0 Å². The molecule has 5 rings (SSSR count). The van der Waals surface area contributed by atoms with Crippen LogP contribution in [-0.2, 0) is 9.53 Å². The Kier molecular flexibility index (Phi) is 6.14. The predicted molar refractivity (Wildman–Crippen MR) is 120 cm³/mol. The second-order valence-electron chi connectivity index (χ2n) is 8.26. The summed E-state index contributed by atoms with van der Waals surface area (Å²) in [4.78, 5) is 16.9. The molecule has 1 N–H and O–H groups in total. The quantitative estimate of drug-likeness (QED) is 0.638. The van der Waals surface area contributed by atoms with Crippen molar-refractivity contribution in [1.29, 1.82) is 0 Å². The molecule has 1 aromatic carbocycles. The Balaban J connectivity index is 0.00000112. The van der Waals surface area contributed by atoms with E-state index in [9.17, 15) is 4.79 Å². The molecule has 0 aliphatic carbocycles. The molecule has 0 saturated carbocycles. The van der Waals surface area contributed by atoms with Gasteiger partial charge in [-0.05, 0) is 57.7 Å². The fourth-order valence-corrected chi connectivity index (χ4v) is 4.81. The smallest absolute Gasteiger partial charge is 0.220 e. The molecule has 2 fully saturated rings. The maximum absolute atomic E-state index is 11.9. The molecule has 3 aromatic rings. The van der Waals surface area contributed by atoms with E-state index in [0.717, 1.165) is 65.3 Å². The minimum atomic E-state index is -0.0319. The SMILES string of the molecule is CC.Cc1noc(C)c1-c1ccc2c(c1)nc([C@@H]1CCC(=O)N1)n2C1CCOC(C)C1. The monoisotopic (exact) mass is 424 g/mol. The van der Waals surface area contributed by atoms with Crippen LogP contribution in [0.5, 0.6) is 0 Å². The number of nitrogens with zero attached hydrogens (tertiary/aromatic N) is 3. The number of fused-ring (bicyclic) bond motifs is 1. The molecule has 2 aliphatic heterocycles. The first-order valence-corrected chi connectivity index (χ1v) is 11.4. The molecule has 0 spiro atoms. The van der Waals surface area contributed by atoms with Crippen LogP contribution in [-0.4, -0.2) is 33.3 Å². The first-order valence-electron chi connectivity index (χ1n) is 11.4. The summed E-state index contributed by atoms with van der Waals surface area (Å²) in [6, 6.07) is 6.66. The van der Waals surface area contributed by atoms with Crippen LogP contribution >= 0.6 is 0 Å². The molecule has 166 valence electrons. The summed E-state index contributed by atoms with van der Waals surface area (Å²) in [6.07, 6.45) is 3.47. The van der Waals surface area contributed by atoms with Gasteiger partial charge in [-0.1, -0.05) is 25.1 Å². The lowest BCUT2D eigenvalue weighted by atomic mass is 10.0. The number of rotatable bonds is 3. The fourth-order valence-electron chi connectivity index (χ4n) is 4.81. The molecule has 1 amide bonds. The van der Waals surface area contributed by atoms with Crippen molar-refractivity contribution >= 4 is 16.9 Å². The van der Waals surface area contributed by atoms with Crippen molar-refractivity contribution in [3.05, 3.63) is 35.5 Å². The van der Waals surface area contributed by atoms with Gasteiger partial charge < -0.3 is 19.1 Å². The minimum absolute atomic E-state index is 0.0319. The Labute approximate surface area is 183 Å². The second kappa shape index (κ2) is 8.83. The molecule has 0 radical (unpaired) electrons. The van der Waals surface area contributed by atoms with Gasteiger partial charge in [0.1, 0.15) is 11.6 Å². The summed E-state index contributed by atoms with van der Waals surface area (Å²) < 4.78 is 13.5. The number of aromatic nitrogens is 3. The van der Waals surface area contributed by atoms with Gasteiger partial charge in [0.2, 0.25) is 5.91 Å². The molecule has 2 unspecified atom stereocenters. The van der Waals surface area contributed by atoms with Gasteiger partial charge in [-0.2, -0.15) is 0 Å². The molecule has 7 nitrogen and oxygen atoms in total. The van der Waals surface area contributed by atoms with Gasteiger partial charge in [0.05, 0.1) is 28.9 Å². The first-order chi connectivity index (χ1) is 15.0. The minimum Gasteiger partial charge on any atom is -0.378 e. The third kappa shape index (κ3) is 3.99. The van der Waals surface area contributed by atoms with Crippen molar-refractivity contribution in [3.63, 3.8) is 0 Å². The second-order valence-corrected chi connectivity index (χ2v) is 8.26. The van der Waals surface area contributed by atoms with E-state index in [1.54, 1.807) is 0 Å². The zero-order valence-corrected chi connectivity index (χ0v) is 19.1. The number of carbonyl (C=O) groups excluding carboxylic acids is 1. The van der Waals surface area contributed by atoms with Crippen LogP contribution in [0.3, 0.4) is 0 Å². The lowest BCUT2D eigenvalue weighted by molar-refractivity contribution is -0.119. The Hall–Kier alpha value is -2.67. The number of amides is 1. The van der Waals surface area contributed by atoms with Gasteiger partial charge in [-0.15, -0.1) is 0 Å². The Morgan fingerprint density at radius 3 is 2.65 bits per heavy atom. The highest BCUT2D eigenvalue weighted by Crippen LogP contribution is 2.37. The third-order valence-electron chi connectivity index (χ3n) is 6.17. The van der Waals surface area contributed by atoms with Crippen molar-refractivity contribution in [2.45, 2.75) is 78.5 Å². The van der Waals surface area contributed by atoms with E-state index in [-0.39, 0.29) is 18.1 Å². The van der Waals surface area contributed by atoms with E-state index in [2.05, 4.69) is 40.2 Å². The molecule has 2 aromatic heterocycles. The number of hydrogen-bond donors (Lipinski definition) is 1. The molecule has 4 heterocycles. The predicted octanol–water partition coefficient (Wildman–Crippen LogP) is 5.03. The standard InChI is InChI=1S/C22H26N4O3.C2H6/c1-12-10-16(8-9-28-12)26-19-6-4-15(21-13(2)25-29-14(21)3)11-18(19)24-22(26)17-5-7-20(27)23-17;1-2/h4,6,11-12,16-17H,5,7-10H2,1-3H3,(H,23,27);1-2H3/t12?,16?,17-;/m0./s1. The lowest BCUT2D eigenvalue weighted by Gasteiger charge is -2.30. The van der Waals surface area contributed by atoms with E-state index >= 15 is 0 Å². The van der Waals surface area contributed by atoms with E-state index < -0.39 is 0 Å². The molecule has 7 heteroatoms. The Bertz CT molecular complexity index is 1060. The molecule has 2 saturated heterocycles. The summed E-state index contributed by atoms with van der Waals surface area (Å²) in [7, 11) is 0. The van der Waals surface area contributed by atoms with Gasteiger partial charge in [-0.3, -0.25) is 4.79 Å². The average molecular weight is 425 g/mol. The number of aryl methyl sites for hydroxylation is 2. The van der Waals surface area contributed by atoms with Crippen LogP contribution in [0.15, 0.2) is 22.7 Å². The van der Waals surface area contributed by atoms with E-state index in [0.29, 0.717) is 12.5 Å². The topological polar surface area (TPSA) is 82.2 Å². The highest BCUT2D eigenvalue weighted by atomic mass is 16.5. The summed E-state index contributed by atoms with van der Waals surface area (Å²) >= 11 is 0. The largest absolute Gasteiger partial charge is 0.378 e. The lowest BCUT2D eigenvalue weighted by Crippen LogP contribution is -2.29. The number of carbonyl (C=O) groups is 1. The Morgan fingerprint density at radius 2 is 2.00 bits per heavy atom. The number of imidazole rings is 1. The fraction of sp³-hybridized carbons (Fsp3) is 0.542. The van der Waals surface area contributed by atoms with Gasteiger partial charge >= 0.3 is 0 Å². The molecule has 3 atom stereocenters. The zero-order chi connectivity index (χ0) is 22.1. The van der Waals surface area contributed by atoms with Gasteiger partial charge in [-0.25, -0.2) is 4.98 Å². The first kappa shape index (κ1) is 21.6. The van der Waals surface area contributed by atoms with Crippen molar-refractivity contribution in [2.75, 3.05) is 6.61 Å². The summed E-state index contributed by atoms with van der Waals surface area (Å²) in [5, 5.41) is 7.19. The van der Waals surface area contributed by atoms with Crippen LogP contribution in [0.25, 0.3) is 22.2 Å². The number of nitrogens with one attached hydrogen (secondary N) is 1. The van der Waals surface area contributed by atoms with Crippen LogP contribution in [0.2, 0.25) is 0 Å². The van der Waals surface area contributed by atoms with Gasteiger partial charge in [0.15, 0.2) is 0 Å². The number of ether oxygens (including phenoxy) is 1. The highest BCUT2D eigenvalue weighted by molar-refractivity contribution is 5.84. The normalized spacial score (nSPS) is 23.5. The summed E-state index contributed by atoms with van der Waals surface area (Å²) in [5.41, 5.74) is 5.01. The highest BCUT2D eigenvalue weighted by Gasteiger charge is 2.32. The zero-order valence-electron chi connectivity index (χ0n) is 19.1. The van der Waals surface area contributed by atoms with Crippen molar-refractivity contribution < 1.29 is 14.1 Å². The van der Waals surface area contributed by atoms with Crippen LogP contribution < -0.4 is 5.32 Å².